The highest BCUT2D eigenvalue weighted by Crippen LogP contribution is 2.36. The van der Waals surface area contributed by atoms with Crippen LogP contribution in [0.2, 0.25) is 0 Å². The van der Waals surface area contributed by atoms with E-state index in [0.717, 1.165) is 12.8 Å². The number of rotatable bonds is 3. The average molecular weight is 321 g/mol. The van der Waals surface area contributed by atoms with Gasteiger partial charge in [-0.05, 0) is 25.0 Å². The largest absolute Gasteiger partial charge is 0.373 e. The van der Waals surface area contributed by atoms with Crippen molar-refractivity contribution in [1.82, 2.24) is 4.57 Å². The molecule has 1 heterocycles. The Hall–Kier alpha value is -2.29. The Kier molecular flexibility index (Phi) is 10.2. The quantitative estimate of drug-likeness (QED) is 0.798. The smallest absolute Gasteiger partial charge is 0.341 e. The zero-order valence-electron chi connectivity index (χ0n) is 13.6. The molecule has 0 N–H and O–H groups in total. The van der Waals surface area contributed by atoms with Crippen LogP contribution in [0.5, 0.6) is 0 Å². The average Bonchev–Trinajstić information content (AvgIpc) is 2.94. The molecule has 1 fully saturated rings. The first-order valence-corrected chi connectivity index (χ1v) is 7.66. The Balaban J connectivity index is 0.000000704. The molecule has 0 atom stereocenters. The number of ketones is 1. The van der Waals surface area contributed by atoms with E-state index in [0.29, 0.717) is 5.78 Å². The number of hydrogen-bond donors (Lipinski definition) is 0. The van der Waals surface area contributed by atoms with Gasteiger partial charge in [0.15, 0.2) is 5.78 Å². The minimum atomic E-state index is -0.256. The molecule has 0 spiro atoms. The van der Waals surface area contributed by atoms with Gasteiger partial charge < -0.3 is 4.57 Å². The lowest BCUT2D eigenvalue weighted by Crippen LogP contribution is -2.43. The maximum absolute atomic E-state index is 12.7. The second kappa shape index (κ2) is 11.3. The summed E-state index contributed by atoms with van der Waals surface area (Å²) in [7, 11) is 0. The molecule has 1 aromatic rings. The maximum Gasteiger partial charge on any atom is 0.373 e. The van der Waals surface area contributed by atoms with Crippen molar-refractivity contribution in [2.45, 2.75) is 57.9 Å². The van der Waals surface area contributed by atoms with E-state index >= 15 is 0 Å². The number of aromatic nitrogens is 1. The molecule has 1 aliphatic rings. The van der Waals surface area contributed by atoms with E-state index in [2.05, 4.69) is 17.0 Å². The molecule has 6 nitrogen and oxygen atoms in total. The van der Waals surface area contributed by atoms with Crippen molar-refractivity contribution >= 4 is 18.1 Å². The van der Waals surface area contributed by atoms with Crippen LogP contribution in [-0.2, 0) is 29.5 Å². The van der Waals surface area contributed by atoms with Crippen LogP contribution in [0.1, 0.15) is 52.4 Å². The maximum atomic E-state index is 12.7. The molecule has 0 unspecified atom stereocenters. The summed E-state index contributed by atoms with van der Waals surface area (Å²) in [5.74, 6) is 0.533. The van der Waals surface area contributed by atoms with Gasteiger partial charge in [0.1, 0.15) is 5.54 Å². The highest BCUT2D eigenvalue weighted by atomic mass is 16.2. The summed E-state index contributed by atoms with van der Waals surface area (Å²) in [4.78, 5) is 45.2. The standard InChI is InChI=1S/C15H23NO.2CO2/c1-13(2)14(17)15(16-11-7-8-12-16)9-5-3-4-6-10-15;2*2-1-3/h7-8,11-13H,3-6,9-10H2,1-2H3;;. The van der Waals surface area contributed by atoms with Crippen molar-refractivity contribution in [2.75, 3.05) is 0 Å². The molecule has 23 heavy (non-hydrogen) atoms. The van der Waals surface area contributed by atoms with Crippen LogP contribution in [0.4, 0.5) is 0 Å². The van der Waals surface area contributed by atoms with Gasteiger partial charge in [-0.3, -0.25) is 4.79 Å². The fraction of sp³-hybridized carbons (Fsp3) is 0.588. The van der Waals surface area contributed by atoms with Crippen molar-refractivity contribution < 1.29 is 24.0 Å². The number of carbonyl (C=O) groups excluding carboxylic acids is 5. The van der Waals surface area contributed by atoms with Crippen molar-refractivity contribution in [1.29, 1.82) is 0 Å². The third-order valence-corrected chi connectivity index (χ3v) is 4.01. The topological polar surface area (TPSA) is 90.3 Å². The Morgan fingerprint density at radius 3 is 1.65 bits per heavy atom. The third-order valence-electron chi connectivity index (χ3n) is 4.01. The zero-order valence-corrected chi connectivity index (χ0v) is 13.6. The van der Waals surface area contributed by atoms with Gasteiger partial charge in [-0.1, -0.05) is 39.5 Å². The molecule has 1 saturated carbocycles. The number of hydrogen-bond acceptors (Lipinski definition) is 5. The summed E-state index contributed by atoms with van der Waals surface area (Å²) in [6.45, 7) is 4.05. The number of Topliss-reactive ketones (excluding diaryl/α,β-unsaturated/α-hetero) is 1. The number of nitrogens with zero attached hydrogens (tertiary/aromatic N) is 1. The Labute approximate surface area is 135 Å². The van der Waals surface area contributed by atoms with Gasteiger partial charge in [-0.15, -0.1) is 0 Å². The molecule has 0 amide bonds. The van der Waals surface area contributed by atoms with Crippen LogP contribution in [0, 0.1) is 5.92 Å². The highest BCUT2D eigenvalue weighted by molar-refractivity contribution is 5.88. The van der Waals surface area contributed by atoms with E-state index in [1.807, 2.05) is 26.0 Å². The fourth-order valence-electron chi connectivity index (χ4n) is 3.10. The van der Waals surface area contributed by atoms with Crippen molar-refractivity contribution in [2.24, 2.45) is 5.92 Å². The first-order chi connectivity index (χ1) is 11.0. The van der Waals surface area contributed by atoms with E-state index in [1.165, 1.54) is 25.7 Å². The molecule has 126 valence electrons. The van der Waals surface area contributed by atoms with E-state index in [-0.39, 0.29) is 23.8 Å². The Morgan fingerprint density at radius 2 is 1.30 bits per heavy atom. The van der Waals surface area contributed by atoms with Crippen LogP contribution in [0.25, 0.3) is 0 Å². The summed E-state index contributed by atoms with van der Waals surface area (Å²) in [6, 6.07) is 4.06. The molecule has 2 rings (SSSR count). The van der Waals surface area contributed by atoms with Crippen LogP contribution in [0.3, 0.4) is 0 Å². The second-order valence-corrected chi connectivity index (χ2v) is 5.72. The van der Waals surface area contributed by atoms with Gasteiger partial charge in [0, 0.05) is 18.3 Å². The normalized spacial score (nSPS) is 15.6. The highest BCUT2D eigenvalue weighted by Gasteiger charge is 2.40. The molecule has 1 aromatic heterocycles. The van der Waals surface area contributed by atoms with Crippen LogP contribution < -0.4 is 0 Å². The minimum Gasteiger partial charge on any atom is -0.341 e. The minimum absolute atomic E-state index is 0.121. The molecule has 0 aliphatic heterocycles. The molecule has 0 aromatic carbocycles. The molecule has 0 bridgehead atoms. The lowest BCUT2D eigenvalue weighted by atomic mass is 9.80. The second-order valence-electron chi connectivity index (χ2n) is 5.72. The first kappa shape index (κ1) is 20.7. The van der Waals surface area contributed by atoms with E-state index in [1.54, 1.807) is 0 Å². The third kappa shape index (κ3) is 6.15. The van der Waals surface area contributed by atoms with Gasteiger partial charge in [0.2, 0.25) is 0 Å². The van der Waals surface area contributed by atoms with Crippen LogP contribution >= 0.6 is 0 Å². The molecule has 1 aliphatic carbocycles. The van der Waals surface area contributed by atoms with Gasteiger partial charge in [0.05, 0.1) is 0 Å². The molecule has 0 saturated heterocycles. The van der Waals surface area contributed by atoms with Crippen molar-refractivity contribution in [3.8, 4) is 0 Å². The lowest BCUT2D eigenvalue weighted by Gasteiger charge is -2.35. The van der Waals surface area contributed by atoms with Gasteiger partial charge in [-0.2, -0.15) is 19.2 Å². The predicted molar refractivity (Wildman–Crippen MR) is 80.0 cm³/mol. The van der Waals surface area contributed by atoms with Gasteiger partial charge >= 0.3 is 12.3 Å². The van der Waals surface area contributed by atoms with E-state index in [9.17, 15) is 4.79 Å². The molecule has 6 heteroatoms. The van der Waals surface area contributed by atoms with Crippen LogP contribution in [0.15, 0.2) is 24.5 Å². The van der Waals surface area contributed by atoms with Crippen molar-refractivity contribution in [3.63, 3.8) is 0 Å². The monoisotopic (exact) mass is 321 g/mol. The van der Waals surface area contributed by atoms with Crippen molar-refractivity contribution in [3.05, 3.63) is 24.5 Å². The molecular weight excluding hydrogens is 298 g/mol. The summed E-state index contributed by atoms with van der Waals surface area (Å²) in [5.41, 5.74) is -0.256. The van der Waals surface area contributed by atoms with Gasteiger partial charge in [0.25, 0.3) is 0 Å². The number of carbonyl (C=O) groups is 1. The Morgan fingerprint density at radius 1 is 0.913 bits per heavy atom. The SMILES string of the molecule is CC(C)C(=O)C1(n2cccc2)CCCCCC1.O=C=O.O=C=O. The summed E-state index contributed by atoms with van der Waals surface area (Å²) in [5, 5.41) is 0. The molecule has 0 radical (unpaired) electrons. The van der Waals surface area contributed by atoms with Gasteiger partial charge in [-0.25, -0.2) is 0 Å². The first-order valence-electron chi connectivity index (χ1n) is 7.66. The van der Waals surface area contributed by atoms with Crippen LogP contribution in [-0.4, -0.2) is 22.7 Å². The Bertz CT molecular complexity index is 501. The fourth-order valence-corrected chi connectivity index (χ4v) is 3.10. The van der Waals surface area contributed by atoms with E-state index in [4.69, 9.17) is 19.2 Å². The summed E-state index contributed by atoms with van der Waals surface area (Å²) < 4.78 is 2.17. The lowest BCUT2D eigenvalue weighted by molar-refractivity contribution is -0.193. The van der Waals surface area contributed by atoms with E-state index < -0.39 is 0 Å². The molecular formula is C17H23NO5. The summed E-state index contributed by atoms with van der Waals surface area (Å²) in [6.07, 6.45) is 11.5. The summed E-state index contributed by atoms with van der Waals surface area (Å²) >= 11 is 0. The zero-order chi connectivity index (χ0) is 17.7. The predicted octanol–water partition coefficient (Wildman–Crippen LogP) is 2.60.